The zero-order valence-electron chi connectivity index (χ0n) is 17.2. The number of ether oxygens (including phenoxy) is 4. The van der Waals surface area contributed by atoms with Crippen LogP contribution in [-0.4, -0.2) is 34.5 Å². The van der Waals surface area contributed by atoms with Gasteiger partial charge in [0, 0.05) is 11.8 Å². The summed E-state index contributed by atoms with van der Waals surface area (Å²) >= 11 is 0. The van der Waals surface area contributed by atoms with Crippen molar-refractivity contribution in [1.29, 1.82) is 0 Å². The Balaban J connectivity index is 1.32. The standard InChI is InChI=1S/C24H24N2O5/c1-16-12-26-23-21(31-24(26)25-22(16)27)20(29-14-18-10-6-3-7-11-18)19(30-23)15-28-13-17-8-4-2-5-9-17/h2-12,19-21,23H,13-15H2,1H3/t19-,20+,21+,23-/m1/s1. The fourth-order valence-corrected chi connectivity index (χ4v) is 3.97. The van der Waals surface area contributed by atoms with Crippen molar-refractivity contribution in [3.05, 3.63) is 93.9 Å². The van der Waals surface area contributed by atoms with Gasteiger partial charge >= 0.3 is 6.01 Å². The van der Waals surface area contributed by atoms with Crippen molar-refractivity contribution in [2.24, 2.45) is 0 Å². The lowest BCUT2D eigenvalue weighted by atomic mass is 10.1. The van der Waals surface area contributed by atoms with Crippen LogP contribution in [0.5, 0.6) is 6.01 Å². The van der Waals surface area contributed by atoms with E-state index in [1.54, 1.807) is 17.7 Å². The van der Waals surface area contributed by atoms with Gasteiger partial charge in [-0.1, -0.05) is 60.7 Å². The second-order valence-corrected chi connectivity index (χ2v) is 7.83. The van der Waals surface area contributed by atoms with Crippen molar-refractivity contribution < 1.29 is 18.9 Å². The number of hydrogen-bond donors (Lipinski definition) is 0. The largest absolute Gasteiger partial charge is 0.453 e. The Kier molecular flexibility index (Phi) is 5.55. The van der Waals surface area contributed by atoms with Crippen molar-refractivity contribution in [3.8, 4) is 6.01 Å². The SMILES string of the molecule is Cc1cn2c(nc1=O)O[C@H]1[C@@H](OCc3ccccc3)[C@@H](COCc3ccccc3)O[C@H]12. The molecule has 7 nitrogen and oxygen atoms in total. The molecule has 0 N–H and O–H groups in total. The van der Waals surface area contributed by atoms with Crippen LogP contribution in [0.4, 0.5) is 0 Å². The molecule has 0 amide bonds. The van der Waals surface area contributed by atoms with E-state index in [9.17, 15) is 4.79 Å². The van der Waals surface area contributed by atoms with Gasteiger partial charge in [0.25, 0.3) is 5.56 Å². The summed E-state index contributed by atoms with van der Waals surface area (Å²) in [5.41, 5.74) is 2.41. The van der Waals surface area contributed by atoms with Crippen LogP contribution in [-0.2, 0) is 27.4 Å². The summed E-state index contributed by atoms with van der Waals surface area (Å²) in [5, 5.41) is 0. The van der Waals surface area contributed by atoms with Gasteiger partial charge in [0.15, 0.2) is 12.3 Å². The molecule has 2 aliphatic heterocycles. The highest BCUT2D eigenvalue weighted by atomic mass is 16.6. The van der Waals surface area contributed by atoms with Crippen LogP contribution in [0.25, 0.3) is 0 Å². The Morgan fingerprint density at radius 1 is 1.00 bits per heavy atom. The van der Waals surface area contributed by atoms with Gasteiger partial charge < -0.3 is 18.9 Å². The molecule has 1 aromatic heterocycles. The summed E-state index contributed by atoms with van der Waals surface area (Å²) in [6.45, 7) is 3.02. The summed E-state index contributed by atoms with van der Waals surface area (Å²) in [6, 6.07) is 20.2. The van der Waals surface area contributed by atoms with Crippen LogP contribution in [0, 0.1) is 6.92 Å². The molecule has 3 aromatic rings. The summed E-state index contributed by atoms with van der Waals surface area (Å²) < 4.78 is 26.3. The highest BCUT2D eigenvalue weighted by Gasteiger charge is 2.52. The van der Waals surface area contributed by atoms with E-state index < -0.39 is 12.3 Å². The molecule has 7 heteroatoms. The van der Waals surface area contributed by atoms with Gasteiger partial charge in [-0.05, 0) is 18.1 Å². The molecule has 160 valence electrons. The summed E-state index contributed by atoms with van der Waals surface area (Å²) in [6.07, 6.45) is 0.251. The third-order valence-corrected chi connectivity index (χ3v) is 5.57. The van der Waals surface area contributed by atoms with E-state index in [1.807, 2.05) is 60.7 Å². The number of hydrogen-bond acceptors (Lipinski definition) is 6. The molecule has 2 aliphatic rings. The highest BCUT2D eigenvalue weighted by molar-refractivity contribution is 5.17. The van der Waals surface area contributed by atoms with E-state index in [1.165, 1.54) is 0 Å². The van der Waals surface area contributed by atoms with Gasteiger partial charge in [0.2, 0.25) is 0 Å². The Labute approximate surface area is 180 Å². The Bertz CT molecular complexity index is 1090. The van der Waals surface area contributed by atoms with Crippen LogP contribution in [0.15, 0.2) is 71.7 Å². The first-order valence-corrected chi connectivity index (χ1v) is 10.4. The predicted octanol–water partition coefficient (Wildman–Crippen LogP) is 3.01. The minimum atomic E-state index is -0.409. The average molecular weight is 420 g/mol. The lowest BCUT2D eigenvalue weighted by Crippen LogP contribution is -2.38. The quantitative estimate of drug-likeness (QED) is 0.585. The zero-order chi connectivity index (χ0) is 21.2. The van der Waals surface area contributed by atoms with E-state index in [4.69, 9.17) is 18.9 Å². The van der Waals surface area contributed by atoms with Gasteiger partial charge in [-0.2, -0.15) is 4.98 Å². The van der Waals surface area contributed by atoms with E-state index in [0.717, 1.165) is 11.1 Å². The van der Waals surface area contributed by atoms with E-state index in [2.05, 4.69) is 4.98 Å². The van der Waals surface area contributed by atoms with Crippen LogP contribution in [0.3, 0.4) is 0 Å². The second kappa shape index (κ2) is 8.63. The summed E-state index contributed by atoms with van der Waals surface area (Å²) in [4.78, 5) is 16.0. The molecular weight excluding hydrogens is 396 g/mol. The first-order chi connectivity index (χ1) is 15.2. The van der Waals surface area contributed by atoms with Crippen LogP contribution >= 0.6 is 0 Å². The number of fused-ring (bicyclic) bond motifs is 3. The molecule has 0 spiro atoms. The lowest BCUT2D eigenvalue weighted by Gasteiger charge is -2.22. The van der Waals surface area contributed by atoms with Gasteiger partial charge in [-0.15, -0.1) is 0 Å². The number of benzene rings is 2. The molecule has 3 heterocycles. The molecule has 0 saturated carbocycles. The van der Waals surface area contributed by atoms with Gasteiger partial charge in [-0.3, -0.25) is 9.36 Å². The number of rotatable bonds is 7. The molecule has 0 bridgehead atoms. The fourth-order valence-electron chi connectivity index (χ4n) is 3.97. The Hall–Kier alpha value is -3.00. The maximum absolute atomic E-state index is 11.9. The molecule has 0 radical (unpaired) electrons. The van der Waals surface area contributed by atoms with Crippen molar-refractivity contribution in [2.45, 2.75) is 44.7 Å². The monoisotopic (exact) mass is 420 g/mol. The Morgan fingerprint density at radius 3 is 2.39 bits per heavy atom. The molecule has 0 unspecified atom stereocenters. The molecule has 1 saturated heterocycles. The van der Waals surface area contributed by atoms with E-state index in [-0.39, 0.29) is 23.8 Å². The highest BCUT2D eigenvalue weighted by Crippen LogP contribution is 2.40. The van der Waals surface area contributed by atoms with E-state index >= 15 is 0 Å². The fraction of sp³-hybridized carbons (Fsp3) is 0.333. The minimum absolute atomic E-state index is 0.266. The first-order valence-electron chi connectivity index (χ1n) is 10.4. The van der Waals surface area contributed by atoms with E-state index in [0.29, 0.717) is 25.4 Å². The second-order valence-electron chi connectivity index (χ2n) is 7.83. The third-order valence-electron chi connectivity index (χ3n) is 5.57. The smallest absolute Gasteiger partial charge is 0.302 e. The summed E-state index contributed by atoms with van der Waals surface area (Å²) in [7, 11) is 0. The molecule has 1 fully saturated rings. The number of nitrogens with zero attached hydrogens (tertiary/aromatic N) is 2. The first kappa shape index (κ1) is 19.9. The van der Waals surface area contributed by atoms with Gasteiger partial charge in [0.05, 0.1) is 19.8 Å². The van der Waals surface area contributed by atoms with Gasteiger partial charge in [-0.25, -0.2) is 0 Å². The van der Waals surface area contributed by atoms with Crippen molar-refractivity contribution in [1.82, 2.24) is 9.55 Å². The van der Waals surface area contributed by atoms with Crippen LogP contribution in [0.2, 0.25) is 0 Å². The molecule has 2 aromatic carbocycles. The lowest BCUT2D eigenvalue weighted by molar-refractivity contribution is -0.0862. The average Bonchev–Trinajstić information content (AvgIpc) is 3.30. The molecule has 31 heavy (non-hydrogen) atoms. The van der Waals surface area contributed by atoms with Crippen LogP contribution in [0.1, 0.15) is 22.9 Å². The zero-order valence-corrected chi connectivity index (χ0v) is 17.2. The van der Waals surface area contributed by atoms with Gasteiger partial charge in [0.1, 0.15) is 12.2 Å². The number of aromatic nitrogens is 2. The molecule has 0 aliphatic carbocycles. The maximum atomic E-state index is 11.9. The Morgan fingerprint density at radius 2 is 1.68 bits per heavy atom. The maximum Gasteiger partial charge on any atom is 0.302 e. The number of aryl methyl sites for hydroxylation is 1. The summed E-state index contributed by atoms with van der Waals surface area (Å²) in [5.74, 6) is 0. The minimum Gasteiger partial charge on any atom is -0.453 e. The topological polar surface area (TPSA) is 71.8 Å². The van der Waals surface area contributed by atoms with Crippen molar-refractivity contribution >= 4 is 0 Å². The molecule has 4 atom stereocenters. The molecular formula is C24H24N2O5. The van der Waals surface area contributed by atoms with Crippen molar-refractivity contribution in [3.63, 3.8) is 0 Å². The third kappa shape index (κ3) is 4.12. The molecule has 5 rings (SSSR count). The predicted molar refractivity (Wildman–Crippen MR) is 113 cm³/mol. The normalized spacial score (nSPS) is 23.9. The van der Waals surface area contributed by atoms with Crippen molar-refractivity contribution in [2.75, 3.05) is 6.61 Å². The van der Waals surface area contributed by atoms with Crippen LogP contribution < -0.4 is 10.3 Å².